The summed E-state index contributed by atoms with van der Waals surface area (Å²) in [6, 6.07) is 17.8. The molecule has 0 radical (unpaired) electrons. The molecule has 0 fully saturated rings. The highest BCUT2D eigenvalue weighted by Gasteiger charge is 2.21. The molecule has 27 heavy (non-hydrogen) atoms. The number of fused-ring (bicyclic) bond motifs is 1. The normalized spacial score (nSPS) is 10.8. The zero-order valence-corrected chi connectivity index (χ0v) is 15.8. The van der Waals surface area contributed by atoms with Crippen LogP contribution >= 0.6 is 11.6 Å². The summed E-state index contributed by atoms with van der Waals surface area (Å²) in [4.78, 5) is 31.0. The minimum absolute atomic E-state index is 0.0743. The van der Waals surface area contributed by atoms with Crippen molar-refractivity contribution in [3.8, 4) is 0 Å². The summed E-state index contributed by atoms with van der Waals surface area (Å²) in [6.07, 6.45) is 0. The lowest BCUT2D eigenvalue weighted by molar-refractivity contribution is -0.122. The molecule has 1 aromatic heterocycles. The van der Waals surface area contributed by atoms with Crippen LogP contribution in [0.15, 0.2) is 60.7 Å². The van der Waals surface area contributed by atoms with Gasteiger partial charge in [0, 0.05) is 17.1 Å². The van der Waals surface area contributed by atoms with Crippen LogP contribution in [0.1, 0.15) is 24.2 Å². The minimum Gasteiger partial charge on any atom is -0.452 e. The highest BCUT2D eigenvalue weighted by molar-refractivity contribution is 6.30. The Morgan fingerprint density at radius 2 is 1.74 bits per heavy atom. The maximum atomic E-state index is 12.7. The molecule has 0 aliphatic heterocycles. The zero-order chi connectivity index (χ0) is 19.4. The van der Waals surface area contributed by atoms with Crippen LogP contribution in [0.5, 0.6) is 0 Å². The Hall–Kier alpha value is -2.92. The molecule has 0 N–H and O–H groups in total. The molecule has 0 atom stereocenters. The lowest BCUT2D eigenvalue weighted by atomic mass is 10.1. The molecule has 2 aromatic carbocycles. The van der Waals surface area contributed by atoms with Crippen molar-refractivity contribution in [1.29, 1.82) is 0 Å². The quantitative estimate of drug-likeness (QED) is 0.482. The molecule has 1 amide bonds. The summed E-state index contributed by atoms with van der Waals surface area (Å²) in [5.74, 6) is -0.908. The van der Waals surface area contributed by atoms with Gasteiger partial charge in [0.2, 0.25) is 0 Å². The molecule has 0 saturated carbocycles. The number of aromatic nitrogens is 1. The van der Waals surface area contributed by atoms with Gasteiger partial charge in [0.05, 0.1) is 11.1 Å². The maximum absolute atomic E-state index is 12.7. The summed E-state index contributed by atoms with van der Waals surface area (Å²) in [6.45, 7) is 3.45. The summed E-state index contributed by atoms with van der Waals surface area (Å²) in [7, 11) is 0. The maximum Gasteiger partial charge on any atom is 0.339 e. The van der Waals surface area contributed by atoms with E-state index in [1.165, 1.54) is 6.07 Å². The first kappa shape index (κ1) is 18.9. The number of rotatable bonds is 5. The lowest BCUT2D eigenvalue weighted by Gasteiger charge is -2.26. The Morgan fingerprint density at radius 1 is 1.07 bits per heavy atom. The molecular formula is C21H19ClN2O3. The number of hydrogen-bond acceptors (Lipinski definition) is 4. The Balaban J connectivity index is 1.78. The summed E-state index contributed by atoms with van der Waals surface area (Å²) >= 11 is 6.01. The Morgan fingerprint density at radius 3 is 2.44 bits per heavy atom. The van der Waals surface area contributed by atoms with E-state index in [4.69, 9.17) is 16.3 Å². The Bertz CT molecular complexity index is 974. The monoisotopic (exact) mass is 382 g/mol. The lowest BCUT2D eigenvalue weighted by Crippen LogP contribution is -2.39. The van der Waals surface area contributed by atoms with Crippen LogP contribution < -0.4 is 4.90 Å². The molecule has 0 aliphatic rings. The average molecular weight is 383 g/mol. The first-order valence-electron chi connectivity index (χ1n) is 8.57. The number of para-hydroxylation sites is 2. The standard InChI is InChI=1S/C21H19ClN2O3/c1-14(2)24(15-8-4-3-5-9-15)20(25)13-27-21(26)17-12-19(22)23-18-11-7-6-10-16(17)18/h3-12,14H,13H2,1-2H3. The van der Waals surface area contributed by atoms with Crippen LogP contribution in [0.3, 0.4) is 0 Å². The van der Waals surface area contributed by atoms with Gasteiger partial charge in [-0.1, -0.05) is 48.0 Å². The number of amides is 1. The van der Waals surface area contributed by atoms with E-state index in [1.807, 2.05) is 50.2 Å². The number of pyridine rings is 1. The largest absolute Gasteiger partial charge is 0.452 e. The molecule has 0 bridgehead atoms. The fourth-order valence-corrected chi connectivity index (χ4v) is 3.11. The zero-order valence-electron chi connectivity index (χ0n) is 15.1. The predicted octanol–water partition coefficient (Wildman–Crippen LogP) is 4.49. The molecule has 0 unspecified atom stereocenters. The van der Waals surface area contributed by atoms with Crippen molar-refractivity contribution in [2.45, 2.75) is 19.9 Å². The molecule has 0 aliphatic carbocycles. The van der Waals surface area contributed by atoms with Crippen molar-refractivity contribution in [1.82, 2.24) is 4.98 Å². The third-order valence-corrected chi connectivity index (χ3v) is 4.24. The van der Waals surface area contributed by atoms with Crippen molar-refractivity contribution >= 4 is 40.1 Å². The summed E-state index contributed by atoms with van der Waals surface area (Å²) < 4.78 is 5.29. The van der Waals surface area contributed by atoms with Gasteiger partial charge in [0.25, 0.3) is 5.91 Å². The first-order chi connectivity index (χ1) is 13.0. The average Bonchev–Trinajstić information content (AvgIpc) is 2.66. The number of benzene rings is 2. The molecular weight excluding hydrogens is 364 g/mol. The van der Waals surface area contributed by atoms with E-state index in [0.29, 0.717) is 10.9 Å². The smallest absolute Gasteiger partial charge is 0.339 e. The molecule has 3 aromatic rings. The van der Waals surface area contributed by atoms with E-state index in [0.717, 1.165) is 5.69 Å². The number of esters is 1. The van der Waals surface area contributed by atoms with Crippen molar-refractivity contribution in [2.75, 3.05) is 11.5 Å². The molecule has 6 heteroatoms. The molecule has 138 valence electrons. The van der Waals surface area contributed by atoms with Gasteiger partial charge in [0.1, 0.15) is 5.15 Å². The number of halogens is 1. The third-order valence-electron chi connectivity index (χ3n) is 4.05. The van der Waals surface area contributed by atoms with Gasteiger partial charge < -0.3 is 9.64 Å². The number of ether oxygens (including phenoxy) is 1. The van der Waals surface area contributed by atoms with E-state index in [-0.39, 0.29) is 29.3 Å². The Labute approximate surface area is 162 Å². The first-order valence-corrected chi connectivity index (χ1v) is 8.94. The highest BCUT2D eigenvalue weighted by Crippen LogP contribution is 2.22. The predicted molar refractivity (Wildman–Crippen MR) is 106 cm³/mol. The van der Waals surface area contributed by atoms with Crippen LogP contribution in [-0.2, 0) is 9.53 Å². The van der Waals surface area contributed by atoms with Gasteiger partial charge in [-0.05, 0) is 38.1 Å². The van der Waals surface area contributed by atoms with E-state index >= 15 is 0 Å². The summed E-state index contributed by atoms with van der Waals surface area (Å²) in [5, 5.41) is 0.822. The Kier molecular flexibility index (Phi) is 5.72. The molecule has 0 saturated heterocycles. The number of carbonyl (C=O) groups is 2. The van der Waals surface area contributed by atoms with E-state index in [2.05, 4.69) is 4.98 Å². The van der Waals surface area contributed by atoms with Crippen LogP contribution in [0.25, 0.3) is 10.9 Å². The number of nitrogens with zero attached hydrogens (tertiary/aromatic N) is 2. The molecule has 5 nitrogen and oxygen atoms in total. The second-order valence-corrected chi connectivity index (χ2v) is 6.67. The van der Waals surface area contributed by atoms with Gasteiger partial charge in [-0.3, -0.25) is 4.79 Å². The fraction of sp³-hybridized carbons (Fsp3) is 0.190. The van der Waals surface area contributed by atoms with Crippen molar-refractivity contribution < 1.29 is 14.3 Å². The fourth-order valence-electron chi connectivity index (χ4n) is 2.91. The highest BCUT2D eigenvalue weighted by atomic mass is 35.5. The van der Waals surface area contributed by atoms with Crippen LogP contribution in [0.4, 0.5) is 5.69 Å². The van der Waals surface area contributed by atoms with Gasteiger partial charge in [-0.2, -0.15) is 0 Å². The number of hydrogen-bond donors (Lipinski definition) is 0. The topological polar surface area (TPSA) is 59.5 Å². The van der Waals surface area contributed by atoms with Crippen molar-refractivity contribution in [3.05, 3.63) is 71.4 Å². The van der Waals surface area contributed by atoms with Crippen LogP contribution in [0.2, 0.25) is 5.15 Å². The minimum atomic E-state index is -0.611. The summed E-state index contributed by atoms with van der Waals surface area (Å²) in [5.41, 5.74) is 1.64. The van der Waals surface area contributed by atoms with E-state index < -0.39 is 5.97 Å². The van der Waals surface area contributed by atoms with Gasteiger partial charge >= 0.3 is 5.97 Å². The van der Waals surface area contributed by atoms with Crippen LogP contribution in [-0.4, -0.2) is 29.5 Å². The van der Waals surface area contributed by atoms with Gasteiger partial charge in [0.15, 0.2) is 6.61 Å². The SMILES string of the molecule is CC(C)N(C(=O)COC(=O)c1cc(Cl)nc2ccccc12)c1ccccc1. The van der Waals surface area contributed by atoms with Gasteiger partial charge in [-0.15, -0.1) is 0 Å². The molecule has 1 heterocycles. The second kappa shape index (κ2) is 8.18. The number of anilines is 1. The molecule has 3 rings (SSSR count). The molecule has 0 spiro atoms. The van der Waals surface area contributed by atoms with Crippen molar-refractivity contribution in [3.63, 3.8) is 0 Å². The van der Waals surface area contributed by atoms with Crippen LogP contribution in [0, 0.1) is 0 Å². The third kappa shape index (κ3) is 4.26. The second-order valence-electron chi connectivity index (χ2n) is 6.28. The van der Waals surface area contributed by atoms with E-state index in [1.54, 1.807) is 23.1 Å². The van der Waals surface area contributed by atoms with Crippen molar-refractivity contribution in [2.24, 2.45) is 0 Å². The van der Waals surface area contributed by atoms with Gasteiger partial charge in [-0.25, -0.2) is 9.78 Å². The van der Waals surface area contributed by atoms with E-state index in [9.17, 15) is 9.59 Å². The number of carbonyl (C=O) groups excluding carboxylic acids is 2.